The summed E-state index contributed by atoms with van der Waals surface area (Å²) in [5.41, 5.74) is 1.13. The second-order valence-corrected chi connectivity index (χ2v) is 11.1. The van der Waals surface area contributed by atoms with E-state index in [0.717, 1.165) is 4.88 Å². The molecule has 2 heterocycles. The number of nitrogens with one attached hydrogen (secondary N) is 5. The monoisotopic (exact) mass is 602 g/mol. The molecule has 15 heteroatoms. The van der Waals surface area contributed by atoms with Crippen LogP contribution in [-0.4, -0.2) is 81.3 Å². The largest absolute Gasteiger partial charge is 0.508 e. The number of phenolic OH excluding ortho intramolecular Hbond substituents is 1. The van der Waals surface area contributed by atoms with Crippen LogP contribution in [0.1, 0.15) is 49.6 Å². The summed E-state index contributed by atoms with van der Waals surface area (Å²) in [5, 5.41) is 32.9. The molecule has 0 fully saturated rings. The van der Waals surface area contributed by atoms with E-state index in [-0.39, 0.29) is 31.6 Å². The van der Waals surface area contributed by atoms with Crippen LogP contribution in [0.2, 0.25) is 0 Å². The van der Waals surface area contributed by atoms with Gasteiger partial charge in [0, 0.05) is 23.9 Å². The quantitative estimate of drug-likeness (QED) is 0.245. The van der Waals surface area contributed by atoms with Gasteiger partial charge in [-0.2, -0.15) is 0 Å². The number of amides is 4. The van der Waals surface area contributed by atoms with Crippen LogP contribution >= 0.6 is 11.3 Å². The summed E-state index contributed by atoms with van der Waals surface area (Å²) in [6.07, 6.45) is 1.14. The summed E-state index contributed by atoms with van der Waals surface area (Å²) in [4.78, 5) is 79.6. The highest BCUT2D eigenvalue weighted by molar-refractivity contribution is 7.15. The van der Waals surface area contributed by atoms with E-state index in [1.54, 1.807) is 18.3 Å². The van der Waals surface area contributed by atoms with Gasteiger partial charge in [-0.15, -0.1) is 11.3 Å². The van der Waals surface area contributed by atoms with Crippen LogP contribution < -0.4 is 26.6 Å². The number of carbonyl (C=O) groups is 6. The van der Waals surface area contributed by atoms with Gasteiger partial charge in [-0.05, 0) is 44.4 Å². The normalized spacial score (nSPS) is 22.6. The second-order valence-electron chi connectivity index (χ2n) is 10.0. The van der Waals surface area contributed by atoms with Gasteiger partial charge in [0.15, 0.2) is 10.9 Å². The highest BCUT2D eigenvalue weighted by Gasteiger charge is 2.27. The van der Waals surface area contributed by atoms with Crippen LogP contribution in [0.5, 0.6) is 5.75 Å². The van der Waals surface area contributed by atoms with Crippen molar-refractivity contribution in [1.82, 2.24) is 26.3 Å². The summed E-state index contributed by atoms with van der Waals surface area (Å²) in [6, 6.07) is 0.509. The number of carboxylic acids is 1. The molecule has 0 unspecified atom stereocenters. The zero-order valence-corrected chi connectivity index (χ0v) is 24.2. The number of aromatic nitrogens is 1. The van der Waals surface area contributed by atoms with E-state index in [9.17, 15) is 33.9 Å². The number of carbonyl (C=O) groups excluding carboxylic acids is 5. The summed E-state index contributed by atoms with van der Waals surface area (Å²) in [6.45, 7) is 4.10. The minimum Gasteiger partial charge on any atom is -0.508 e. The number of Topliss-reactive ketones (excluding diaryl/α,β-unsaturated/α-hetero) is 1. The van der Waals surface area contributed by atoms with Crippen molar-refractivity contribution in [3.63, 3.8) is 0 Å². The van der Waals surface area contributed by atoms with Gasteiger partial charge in [0.1, 0.15) is 23.9 Å². The standard InChI is InChI=1S/C27H34N6O8S/c1-13-24(39)31-14(2)25(40)32-15(3)26(41)33-19(21(35)6-7-23(37)38)9-16-4-5-20(34)17(8-16)10-18-11-28-27(42-18)29-12-22(36)30-13/h4-5,8,11,13-15,19,34H,6-7,9-10,12H2,1-3H3,(H,28,29)(H,30,36)(H,31,39)(H,32,40)(H,33,41)(H,37,38)/t13-,14-,15-,19-/m0/s1. The molecule has 2 aromatic rings. The number of fused-ring (bicyclic) bond motifs is 4. The zero-order valence-electron chi connectivity index (χ0n) is 23.4. The van der Waals surface area contributed by atoms with Crippen LogP contribution in [0, 0.1) is 0 Å². The van der Waals surface area contributed by atoms with Crippen molar-refractivity contribution in [2.24, 2.45) is 0 Å². The lowest BCUT2D eigenvalue weighted by Crippen LogP contribution is -2.56. The molecule has 14 nitrogen and oxygen atoms in total. The van der Waals surface area contributed by atoms with Crippen molar-refractivity contribution >= 4 is 51.8 Å². The predicted octanol–water partition coefficient (Wildman–Crippen LogP) is -0.160. The molecule has 1 aliphatic rings. The summed E-state index contributed by atoms with van der Waals surface area (Å²) < 4.78 is 0. The number of nitrogens with zero attached hydrogens (tertiary/aromatic N) is 1. The Morgan fingerprint density at radius 3 is 2.19 bits per heavy atom. The Kier molecular flexibility index (Phi) is 11.0. The van der Waals surface area contributed by atoms with Gasteiger partial charge in [-0.3, -0.25) is 28.8 Å². The number of hydrogen-bond acceptors (Lipinski definition) is 10. The molecule has 4 amide bonds. The number of benzene rings is 1. The first-order valence-electron chi connectivity index (χ1n) is 13.3. The van der Waals surface area contributed by atoms with E-state index >= 15 is 0 Å². The Morgan fingerprint density at radius 1 is 0.929 bits per heavy atom. The molecule has 1 aromatic carbocycles. The van der Waals surface area contributed by atoms with Crippen molar-refractivity contribution in [2.45, 2.75) is 70.6 Å². The van der Waals surface area contributed by atoms with Crippen LogP contribution in [-0.2, 0) is 41.6 Å². The molecule has 0 saturated heterocycles. The van der Waals surface area contributed by atoms with Gasteiger partial charge < -0.3 is 36.8 Å². The molecule has 4 atom stereocenters. The van der Waals surface area contributed by atoms with E-state index < -0.39 is 66.0 Å². The molecule has 0 saturated carbocycles. The molecule has 226 valence electrons. The topological polar surface area (TPSA) is 216 Å². The third-order valence-corrected chi connectivity index (χ3v) is 7.42. The number of rotatable bonds is 4. The Bertz CT molecular complexity index is 1360. The number of carboxylic acid groups (broad SMARTS) is 1. The molecule has 0 radical (unpaired) electrons. The van der Waals surface area contributed by atoms with Gasteiger partial charge in [-0.1, -0.05) is 12.1 Å². The van der Waals surface area contributed by atoms with Crippen molar-refractivity contribution in [3.05, 3.63) is 40.4 Å². The van der Waals surface area contributed by atoms with E-state index in [4.69, 9.17) is 5.11 Å². The maximum atomic E-state index is 13.0. The zero-order chi connectivity index (χ0) is 31.0. The van der Waals surface area contributed by atoms with Crippen LogP contribution in [0.15, 0.2) is 24.4 Å². The van der Waals surface area contributed by atoms with Crippen LogP contribution in [0.25, 0.3) is 0 Å². The van der Waals surface area contributed by atoms with Crippen molar-refractivity contribution < 1.29 is 39.0 Å². The molecule has 0 aliphatic carbocycles. The first-order chi connectivity index (χ1) is 19.8. The van der Waals surface area contributed by atoms with Crippen molar-refractivity contribution in [2.75, 3.05) is 11.9 Å². The van der Waals surface area contributed by atoms with Gasteiger partial charge in [0.2, 0.25) is 23.6 Å². The van der Waals surface area contributed by atoms with Gasteiger partial charge in [0.25, 0.3) is 0 Å². The van der Waals surface area contributed by atoms with E-state index in [2.05, 4.69) is 31.6 Å². The Morgan fingerprint density at radius 2 is 1.55 bits per heavy atom. The van der Waals surface area contributed by atoms with Crippen LogP contribution in [0.4, 0.5) is 5.13 Å². The van der Waals surface area contributed by atoms with E-state index in [0.29, 0.717) is 16.3 Å². The number of aromatic hydroxyl groups is 1. The van der Waals surface area contributed by atoms with Crippen molar-refractivity contribution in [1.29, 1.82) is 0 Å². The number of anilines is 1. The number of aliphatic carboxylic acids is 1. The Balaban J connectivity index is 1.91. The molecular weight excluding hydrogens is 568 g/mol. The molecule has 1 aromatic heterocycles. The summed E-state index contributed by atoms with van der Waals surface area (Å²) in [7, 11) is 0. The third kappa shape index (κ3) is 9.26. The molecule has 7 N–H and O–H groups in total. The molecule has 42 heavy (non-hydrogen) atoms. The Hall–Kier alpha value is -4.53. The minimum absolute atomic E-state index is 0.00556. The third-order valence-electron chi connectivity index (χ3n) is 6.47. The fourth-order valence-corrected chi connectivity index (χ4v) is 4.90. The maximum absolute atomic E-state index is 13.0. The number of thiazole rings is 1. The number of hydrogen-bond donors (Lipinski definition) is 7. The maximum Gasteiger partial charge on any atom is 0.303 e. The van der Waals surface area contributed by atoms with Crippen molar-refractivity contribution in [3.8, 4) is 5.75 Å². The lowest BCUT2D eigenvalue weighted by molar-refractivity contribution is -0.139. The molecule has 0 spiro atoms. The lowest BCUT2D eigenvalue weighted by atomic mass is 9.96. The first kappa shape index (κ1) is 32.0. The van der Waals surface area contributed by atoms with E-state index in [1.165, 1.54) is 38.2 Å². The number of ketones is 1. The minimum atomic E-state index is -1.16. The lowest BCUT2D eigenvalue weighted by Gasteiger charge is -2.23. The van der Waals surface area contributed by atoms with Gasteiger partial charge in [-0.25, -0.2) is 4.98 Å². The highest BCUT2D eigenvalue weighted by atomic mass is 32.1. The summed E-state index contributed by atoms with van der Waals surface area (Å²) >= 11 is 1.26. The fraction of sp³-hybridized carbons (Fsp3) is 0.444. The van der Waals surface area contributed by atoms with Crippen LogP contribution in [0.3, 0.4) is 0 Å². The Labute approximate surface area is 245 Å². The smallest absolute Gasteiger partial charge is 0.303 e. The molecule has 3 rings (SSSR count). The van der Waals surface area contributed by atoms with E-state index in [1.807, 2.05) is 0 Å². The highest BCUT2D eigenvalue weighted by Crippen LogP contribution is 2.27. The van der Waals surface area contributed by atoms with Gasteiger partial charge in [0.05, 0.1) is 19.0 Å². The molecule has 1 aliphatic heterocycles. The predicted molar refractivity (Wildman–Crippen MR) is 152 cm³/mol. The average molecular weight is 603 g/mol. The fourth-order valence-electron chi connectivity index (χ4n) is 4.07. The summed E-state index contributed by atoms with van der Waals surface area (Å²) in [5.74, 6) is -4.13. The second kappa shape index (κ2) is 14.4. The first-order valence-corrected chi connectivity index (χ1v) is 14.1. The SMILES string of the molecule is C[C@@H]1NC(=O)CNc2ncc(s2)Cc2cc(ccc2O)C[C@@H](C(=O)CCC(=O)O)NC(=O)[C@H](C)NC(=O)[C@H](C)NC1=O. The molecular formula is C27H34N6O8S. The van der Waals surface area contributed by atoms with Gasteiger partial charge >= 0.3 is 5.97 Å². The average Bonchev–Trinajstić information content (AvgIpc) is 3.38. The molecule has 4 bridgehead atoms. The number of phenols is 1.